The Hall–Kier alpha value is -1.06. The van der Waals surface area contributed by atoms with Gasteiger partial charge in [0.25, 0.3) is 0 Å². The normalized spacial score (nSPS) is 16.1. The van der Waals surface area contributed by atoms with Crippen LogP contribution in [0.15, 0.2) is 0 Å². The lowest BCUT2D eigenvalue weighted by molar-refractivity contribution is 0.612. The summed E-state index contributed by atoms with van der Waals surface area (Å²) in [5.74, 6) is 1.92. The second-order valence-corrected chi connectivity index (χ2v) is 2.50. The second-order valence-electron chi connectivity index (χ2n) is 2.50. The third-order valence-electron chi connectivity index (χ3n) is 1.78. The van der Waals surface area contributed by atoms with E-state index in [2.05, 4.69) is 20.1 Å². The maximum absolute atomic E-state index is 3.96. The van der Waals surface area contributed by atoms with E-state index in [1.807, 2.05) is 6.92 Å². The van der Waals surface area contributed by atoms with Gasteiger partial charge in [-0.2, -0.15) is 0 Å². The molecule has 2 heterocycles. The molecule has 10 heavy (non-hydrogen) atoms. The summed E-state index contributed by atoms with van der Waals surface area (Å²) in [6.45, 7) is 4.06. The van der Waals surface area contributed by atoms with Gasteiger partial charge in [0.2, 0.25) is 5.95 Å². The zero-order valence-corrected chi connectivity index (χ0v) is 5.96. The van der Waals surface area contributed by atoms with E-state index in [4.69, 9.17) is 0 Å². The lowest BCUT2D eigenvalue weighted by atomic mass is 10.3. The number of hydrogen-bond donors (Lipinski definition) is 1. The van der Waals surface area contributed by atoms with Crippen LogP contribution in [0.25, 0.3) is 0 Å². The summed E-state index contributed by atoms with van der Waals surface area (Å²) in [4.78, 5) is 0. The van der Waals surface area contributed by atoms with Gasteiger partial charge in [0, 0.05) is 13.1 Å². The zero-order chi connectivity index (χ0) is 6.97. The van der Waals surface area contributed by atoms with Crippen LogP contribution in [-0.2, 0) is 6.54 Å². The number of nitrogens with zero attached hydrogens (tertiary/aromatic N) is 3. The van der Waals surface area contributed by atoms with E-state index in [0.717, 1.165) is 24.9 Å². The van der Waals surface area contributed by atoms with Crippen molar-refractivity contribution in [3.63, 3.8) is 0 Å². The molecule has 0 radical (unpaired) electrons. The third-order valence-corrected chi connectivity index (χ3v) is 1.78. The van der Waals surface area contributed by atoms with Crippen molar-refractivity contribution < 1.29 is 0 Å². The number of rotatable bonds is 0. The highest BCUT2D eigenvalue weighted by molar-refractivity contribution is 5.26. The van der Waals surface area contributed by atoms with Gasteiger partial charge in [-0.3, -0.25) is 4.57 Å². The van der Waals surface area contributed by atoms with Crippen molar-refractivity contribution in [2.45, 2.75) is 19.9 Å². The molecule has 1 N–H and O–H groups in total. The average Bonchev–Trinajstić information content (AvgIpc) is 2.34. The Morgan fingerprint density at radius 1 is 1.50 bits per heavy atom. The molecular formula is C6H10N4. The van der Waals surface area contributed by atoms with E-state index in [1.165, 1.54) is 6.42 Å². The molecule has 0 aromatic carbocycles. The third kappa shape index (κ3) is 0.683. The zero-order valence-electron chi connectivity index (χ0n) is 5.96. The maximum Gasteiger partial charge on any atom is 0.224 e. The van der Waals surface area contributed by atoms with Crippen molar-refractivity contribution >= 4 is 5.95 Å². The standard InChI is InChI=1S/C6H10N4/c1-5-8-9-6-7-3-2-4-10(5)6/h2-4H2,1H3,(H,7,9). The van der Waals surface area contributed by atoms with Gasteiger partial charge in [-0.1, -0.05) is 0 Å². The molecule has 4 heteroatoms. The van der Waals surface area contributed by atoms with Gasteiger partial charge < -0.3 is 5.32 Å². The summed E-state index contributed by atoms with van der Waals surface area (Å²) in [7, 11) is 0. The Bertz CT molecular complexity index is 240. The monoisotopic (exact) mass is 138 g/mol. The summed E-state index contributed by atoms with van der Waals surface area (Å²) in [5.41, 5.74) is 0. The minimum Gasteiger partial charge on any atom is -0.354 e. The van der Waals surface area contributed by atoms with Crippen LogP contribution in [0.1, 0.15) is 12.2 Å². The topological polar surface area (TPSA) is 42.7 Å². The van der Waals surface area contributed by atoms with Crippen LogP contribution in [0.2, 0.25) is 0 Å². The SMILES string of the molecule is Cc1nnc2n1CCCN2. The van der Waals surface area contributed by atoms with Crippen molar-refractivity contribution in [1.82, 2.24) is 14.8 Å². The summed E-state index contributed by atoms with van der Waals surface area (Å²) in [5, 5.41) is 11.1. The minimum atomic E-state index is 0.920. The average molecular weight is 138 g/mol. The van der Waals surface area contributed by atoms with Gasteiger partial charge in [0.1, 0.15) is 5.82 Å². The lowest BCUT2D eigenvalue weighted by Gasteiger charge is -2.14. The van der Waals surface area contributed by atoms with E-state index < -0.39 is 0 Å². The largest absolute Gasteiger partial charge is 0.354 e. The predicted octanol–water partition coefficient (Wildman–Crippen LogP) is 0.402. The van der Waals surface area contributed by atoms with Crippen LogP contribution in [0.5, 0.6) is 0 Å². The van der Waals surface area contributed by atoms with Gasteiger partial charge >= 0.3 is 0 Å². The molecule has 2 rings (SSSR count). The molecule has 0 aliphatic carbocycles. The van der Waals surface area contributed by atoms with Crippen LogP contribution >= 0.6 is 0 Å². The number of hydrogen-bond acceptors (Lipinski definition) is 3. The van der Waals surface area contributed by atoms with Gasteiger partial charge in [-0.05, 0) is 13.3 Å². The number of fused-ring (bicyclic) bond motifs is 1. The summed E-state index contributed by atoms with van der Waals surface area (Å²) in [6, 6.07) is 0. The maximum atomic E-state index is 3.96. The van der Waals surface area contributed by atoms with Crippen molar-refractivity contribution in [3.05, 3.63) is 5.82 Å². The number of nitrogens with one attached hydrogen (secondary N) is 1. The lowest BCUT2D eigenvalue weighted by Crippen LogP contribution is -2.17. The Labute approximate surface area is 59.3 Å². The van der Waals surface area contributed by atoms with Gasteiger partial charge in [-0.15, -0.1) is 10.2 Å². The number of aromatic nitrogens is 3. The number of aryl methyl sites for hydroxylation is 1. The molecule has 54 valence electrons. The first kappa shape index (κ1) is 5.70. The summed E-state index contributed by atoms with van der Waals surface area (Å²) in [6.07, 6.45) is 1.17. The molecule has 0 saturated heterocycles. The Kier molecular flexibility index (Phi) is 1.12. The number of anilines is 1. The summed E-state index contributed by atoms with van der Waals surface area (Å²) < 4.78 is 2.10. The van der Waals surface area contributed by atoms with Crippen molar-refractivity contribution in [2.24, 2.45) is 0 Å². The fourth-order valence-corrected chi connectivity index (χ4v) is 1.22. The van der Waals surface area contributed by atoms with Crippen LogP contribution in [-0.4, -0.2) is 21.3 Å². The smallest absolute Gasteiger partial charge is 0.224 e. The minimum absolute atomic E-state index is 0.920. The first-order chi connectivity index (χ1) is 4.88. The van der Waals surface area contributed by atoms with Crippen molar-refractivity contribution in [1.29, 1.82) is 0 Å². The Balaban J connectivity index is 2.45. The molecule has 0 spiro atoms. The molecule has 1 aliphatic heterocycles. The molecule has 0 fully saturated rings. The molecule has 4 nitrogen and oxygen atoms in total. The Morgan fingerprint density at radius 2 is 2.40 bits per heavy atom. The highest BCUT2D eigenvalue weighted by Gasteiger charge is 2.10. The van der Waals surface area contributed by atoms with E-state index in [-0.39, 0.29) is 0 Å². The highest BCUT2D eigenvalue weighted by atomic mass is 15.4. The van der Waals surface area contributed by atoms with E-state index in [0.29, 0.717) is 0 Å². The fraction of sp³-hybridized carbons (Fsp3) is 0.667. The molecule has 0 atom stereocenters. The quantitative estimate of drug-likeness (QED) is 0.564. The molecule has 1 aromatic rings. The molecule has 0 unspecified atom stereocenters. The predicted molar refractivity (Wildman–Crippen MR) is 37.9 cm³/mol. The van der Waals surface area contributed by atoms with Crippen molar-refractivity contribution in [3.8, 4) is 0 Å². The van der Waals surface area contributed by atoms with Crippen LogP contribution in [0, 0.1) is 6.92 Å². The molecule has 0 amide bonds. The summed E-state index contributed by atoms with van der Waals surface area (Å²) >= 11 is 0. The molecular weight excluding hydrogens is 128 g/mol. The van der Waals surface area contributed by atoms with Crippen LogP contribution in [0.3, 0.4) is 0 Å². The molecule has 0 bridgehead atoms. The van der Waals surface area contributed by atoms with Crippen LogP contribution < -0.4 is 5.32 Å². The first-order valence-corrected chi connectivity index (χ1v) is 3.51. The molecule has 1 aromatic heterocycles. The van der Waals surface area contributed by atoms with Gasteiger partial charge in [0.15, 0.2) is 0 Å². The Morgan fingerprint density at radius 3 is 3.20 bits per heavy atom. The highest BCUT2D eigenvalue weighted by Crippen LogP contribution is 2.11. The second kappa shape index (κ2) is 1.97. The van der Waals surface area contributed by atoms with Gasteiger partial charge in [0.05, 0.1) is 0 Å². The fourth-order valence-electron chi connectivity index (χ4n) is 1.22. The van der Waals surface area contributed by atoms with E-state index in [1.54, 1.807) is 0 Å². The van der Waals surface area contributed by atoms with Crippen molar-refractivity contribution in [2.75, 3.05) is 11.9 Å². The first-order valence-electron chi connectivity index (χ1n) is 3.51. The van der Waals surface area contributed by atoms with Crippen LogP contribution in [0.4, 0.5) is 5.95 Å². The van der Waals surface area contributed by atoms with E-state index >= 15 is 0 Å². The van der Waals surface area contributed by atoms with E-state index in [9.17, 15) is 0 Å². The van der Waals surface area contributed by atoms with Gasteiger partial charge in [-0.25, -0.2) is 0 Å². The molecule has 1 aliphatic rings. The molecule has 0 saturated carbocycles.